The maximum absolute atomic E-state index is 12.4. The number of nitro groups is 1. The molecule has 15 heavy (non-hydrogen) atoms. The van der Waals surface area contributed by atoms with Crippen LogP contribution in [0.15, 0.2) is 6.07 Å². The molecule has 1 aromatic rings. The molecule has 0 spiro atoms. The molecule has 0 aliphatic rings. The molecule has 8 heteroatoms. The first-order valence-electron chi connectivity index (χ1n) is 3.70. The summed E-state index contributed by atoms with van der Waals surface area (Å²) >= 11 is 1.59. The molecule has 0 radical (unpaired) electrons. The first-order valence-corrected chi connectivity index (χ1v) is 4.78. The second-order valence-electron chi connectivity index (χ2n) is 2.55. The summed E-state index contributed by atoms with van der Waals surface area (Å²) in [6, 6.07) is 1.13. The molecule has 0 saturated carbocycles. The van der Waals surface area contributed by atoms with Crippen molar-refractivity contribution < 1.29 is 18.8 Å². The number of halogens is 3. The topological polar surface area (TPSA) is 76.3 Å². The summed E-state index contributed by atoms with van der Waals surface area (Å²) < 4.78 is 24.8. The van der Waals surface area contributed by atoms with Crippen LogP contribution >= 0.6 is 22.6 Å². The number of alkyl halides is 2. The van der Waals surface area contributed by atoms with Crippen molar-refractivity contribution in [1.29, 1.82) is 0 Å². The Labute approximate surface area is 96.4 Å². The van der Waals surface area contributed by atoms with Crippen LogP contribution in [0, 0.1) is 13.7 Å². The molecule has 0 fully saturated rings. The van der Waals surface area contributed by atoms with Crippen LogP contribution in [0.4, 0.5) is 14.6 Å². The Morgan fingerprint density at radius 2 is 2.27 bits per heavy atom. The smallest absolute Gasteiger partial charge is 0.369 e. The Balaban J connectivity index is 3.37. The van der Waals surface area contributed by atoms with Crippen LogP contribution in [0.25, 0.3) is 0 Å². The van der Waals surface area contributed by atoms with Gasteiger partial charge in [0.2, 0.25) is 5.69 Å². The van der Waals surface area contributed by atoms with Crippen LogP contribution in [0.2, 0.25) is 0 Å². The molecule has 0 unspecified atom stereocenters. The van der Waals surface area contributed by atoms with Crippen molar-refractivity contribution in [3.05, 3.63) is 31.0 Å². The summed E-state index contributed by atoms with van der Waals surface area (Å²) in [5.41, 5.74) is -0.715. The SMILES string of the molecule is O=[N+]([O-])c1nc(C(F)F)c(I)cc1CO. The van der Waals surface area contributed by atoms with Gasteiger partial charge in [0, 0.05) is 0 Å². The minimum absolute atomic E-state index is 0.0752. The van der Waals surface area contributed by atoms with Crippen molar-refractivity contribution in [2.45, 2.75) is 13.0 Å². The monoisotopic (exact) mass is 330 g/mol. The van der Waals surface area contributed by atoms with Gasteiger partial charge in [-0.3, -0.25) is 0 Å². The lowest BCUT2D eigenvalue weighted by Crippen LogP contribution is -2.04. The number of rotatable bonds is 3. The normalized spacial score (nSPS) is 10.7. The average Bonchev–Trinajstić information content (AvgIpc) is 2.16. The number of hydrogen-bond donors (Lipinski definition) is 1. The third-order valence-corrected chi connectivity index (χ3v) is 2.47. The van der Waals surface area contributed by atoms with E-state index >= 15 is 0 Å². The van der Waals surface area contributed by atoms with Gasteiger partial charge >= 0.3 is 12.2 Å². The summed E-state index contributed by atoms with van der Waals surface area (Å²) in [6.07, 6.45) is -2.87. The number of nitrogens with zero attached hydrogens (tertiary/aromatic N) is 2. The molecule has 0 aromatic carbocycles. The first kappa shape index (κ1) is 12.2. The van der Waals surface area contributed by atoms with Gasteiger partial charge in [0.05, 0.1) is 15.7 Å². The Morgan fingerprint density at radius 1 is 1.67 bits per heavy atom. The van der Waals surface area contributed by atoms with Crippen LogP contribution in [0.5, 0.6) is 0 Å². The van der Waals surface area contributed by atoms with Gasteiger partial charge in [-0.25, -0.2) is 8.78 Å². The van der Waals surface area contributed by atoms with Crippen molar-refractivity contribution in [2.75, 3.05) is 0 Å². The second-order valence-corrected chi connectivity index (χ2v) is 3.72. The zero-order valence-corrected chi connectivity index (χ0v) is 9.31. The fourth-order valence-corrected chi connectivity index (χ4v) is 1.69. The molecule has 1 heterocycles. The van der Waals surface area contributed by atoms with Crippen LogP contribution in [-0.2, 0) is 6.61 Å². The van der Waals surface area contributed by atoms with Crippen molar-refractivity contribution in [1.82, 2.24) is 4.98 Å². The molecule has 0 bridgehead atoms. The summed E-state index contributed by atoms with van der Waals surface area (Å²) in [7, 11) is 0. The van der Waals surface area contributed by atoms with Gasteiger partial charge in [0.25, 0.3) is 0 Å². The Hall–Kier alpha value is -0.900. The maximum atomic E-state index is 12.4. The van der Waals surface area contributed by atoms with Gasteiger partial charge in [-0.2, -0.15) is 0 Å². The maximum Gasteiger partial charge on any atom is 0.369 e. The first-order chi connectivity index (χ1) is 6.97. The molecule has 0 atom stereocenters. The second kappa shape index (κ2) is 4.75. The van der Waals surface area contributed by atoms with E-state index in [4.69, 9.17) is 5.11 Å². The van der Waals surface area contributed by atoms with Gasteiger partial charge in [-0.05, 0) is 38.6 Å². The Bertz CT molecular complexity index is 400. The lowest BCUT2D eigenvalue weighted by atomic mass is 10.2. The molecule has 0 aliphatic carbocycles. The third-order valence-electron chi connectivity index (χ3n) is 1.61. The van der Waals surface area contributed by atoms with Crippen LogP contribution in [-0.4, -0.2) is 15.0 Å². The minimum Gasteiger partial charge on any atom is -0.391 e. The standard InChI is InChI=1S/C7H5F2IN2O3/c8-6(9)5-4(10)1-3(2-13)7(11-5)12(14)15/h1,6,13H,2H2. The highest BCUT2D eigenvalue weighted by Crippen LogP contribution is 2.27. The number of aliphatic hydroxyl groups is 1. The highest BCUT2D eigenvalue weighted by Gasteiger charge is 2.25. The van der Waals surface area contributed by atoms with E-state index in [1.54, 1.807) is 22.6 Å². The van der Waals surface area contributed by atoms with Crippen molar-refractivity contribution in [3.8, 4) is 0 Å². The molecule has 1 rings (SSSR count). The predicted molar refractivity (Wildman–Crippen MR) is 54.5 cm³/mol. The van der Waals surface area contributed by atoms with Gasteiger partial charge in [0.15, 0.2) is 0 Å². The summed E-state index contributed by atoms with van der Waals surface area (Å²) in [5.74, 6) is -0.729. The largest absolute Gasteiger partial charge is 0.391 e. The number of aliphatic hydroxyl groups excluding tert-OH is 1. The minimum atomic E-state index is -2.87. The fourth-order valence-electron chi connectivity index (χ4n) is 0.958. The lowest BCUT2D eigenvalue weighted by Gasteiger charge is -2.02. The highest BCUT2D eigenvalue weighted by atomic mass is 127. The molecule has 1 aromatic heterocycles. The molecule has 5 nitrogen and oxygen atoms in total. The molecule has 82 valence electrons. The van der Waals surface area contributed by atoms with E-state index in [0.29, 0.717) is 0 Å². The van der Waals surface area contributed by atoms with E-state index < -0.39 is 29.5 Å². The molecular formula is C7H5F2IN2O3. The fraction of sp³-hybridized carbons (Fsp3) is 0.286. The van der Waals surface area contributed by atoms with Crippen LogP contribution < -0.4 is 0 Å². The van der Waals surface area contributed by atoms with Crippen LogP contribution in [0.1, 0.15) is 17.7 Å². The number of aromatic nitrogens is 1. The van der Waals surface area contributed by atoms with Gasteiger partial charge in [-0.1, -0.05) is 0 Å². The predicted octanol–water partition coefficient (Wildman–Crippen LogP) is 2.02. The van der Waals surface area contributed by atoms with Crippen molar-refractivity contribution in [2.24, 2.45) is 0 Å². The Morgan fingerprint density at radius 3 is 2.67 bits per heavy atom. The summed E-state index contributed by atoms with van der Waals surface area (Å²) in [4.78, 5) is 12.8. The van der Waals surface area contributed by atoms with Gasteiger partial charge in [-0.15, -0.1) is 0 Å². The van der Waals surface area contributed by atoms with Crippen molar-refractivity contribution >= 4 is 28.4 Å². The molecule has 1 N–H and O–H groups in total. The van der Waals surface area contributed by atoms with Crippen LogP contribution in [0.3, 0.4) is 0 Å². The van der Waals surface area contributed by atoms with E-state index in [-0.39, 0.29) is 9.13 Å². The molecule has 0 saturated heterocycles. The zero-order valence-electron chi connectivity index (χ0n) is 7.15. The summed E-state index contributed by atoms with van der Waals surface area (Å²) in [5, 5.41) is 19.2. The highest BCUT2D eigenvalue weighted by molar-refractivity contribution is 14.1. The summed E-state index contributed by atoms with van der Waals surface area (Å²) in [6.45, 7) is -0.608. The molecule has 0 aliphatic heterocycles. The molecule has 0 amide bonds. The average molecular weight is 330 g/mol. The molecular weight excluding hydrogens is 325 g/mol. The third kappa shape index (κ3) is 2.56. The van der Waals surface area contributed by atoms with E-state index in [1.807, 2.05) is 0 Å². The van der Waals surface area contributed by atoms with Crippen molar-refractivity contribution in [3.63, 3.8) is 0 Å². The van der Waals surface area contributed by atoms with E-state index in [9.17, 15) is 18.9 Å². The number of pyridine rings is 1. The van der Waals surface area contributed by atoms with E-state index in [2.05, 4.69) is 4.98 Å². The lowest BCUT2D eigenvalue weighted by molar-refractivity contribution is -0.390. The number of hydrogen-bond acceptors (Lipinski definition) is 4. The van der Waals surface area contributed by atoms with E-state index in [1.165, 1.54) is 0 Å². The van der Waals surface area contributed by atoms with Gasteiger partial charge < -0.3 is 15.2 Å². The quantitative estimate of drug-likeness (QED) is 0.523. The van der Waals surface area contributed by atoms with E-state index in [0.717, 1.165) is 6.07 Å². The van der Waals surface area contributed by atoms with Gasteiger partial charge in [0.1, 0.15) is 0 Å². The zero-order chi connectivity index (χ0) is 11.6. The Kier molecular flexibility index (Phi) is 3.85.